The Bertz CT molecular complexity index is 696. The third-order valence-corrected chi connectivity index (χ3v) is 3.78. The summed E-state index contributed by atoms with van der Waals surface area (Å²) < 4.78 is 32.2. The molecule has 7 heteroatoms. The van der Waals surface area contributed by atoms with E-state index in [1.807, 2.05) is 25.1 Å². The number of aromatic nitrogens is 2. The minimum absolute atomic E-state index is 0.0997. The lowest BCUT2D eigenvalue weighted by Gasteiger charge is -2.21. The molecule has 1 aliphatic heterocycles. The van der Waals surface area contributed by atoms with E-state index < -0.39 is 11.6 Å². The molecule has 1 aromatic carbocycles. The van der Waals surface area contributed by atoms with Gasteiger partial charge in [-0.3, -0.25) is 0 Å². The Labute approximate surface area is 133 Å². The second kappa shape index (κ2) is 6.45. The van der Waals surface area contributed by atoms with Crippen molar-refractivity contribution in [3.8, 4) is 0 Å². The van der Waals surface area contributed by atoms with E-state index in [4.69, 9.17) is 4.74 Å². The number of hydrogen-bond acceptors (Lipinski definition) is 5. The van der Waals surface area contributed by atoms with Crippen molar-refractivity contribution in [1.82, 2.24) is 9.97 Å². The van der Waals surface area contributed by atoms with Gasteiger partial charge in [-0.2, -0.15) is 4.98 Å². The smallest absolute Gasteiger partial charge is 0.224 e. The Morgan fingerprint density at radius 3 is 2.78 bits per heavy atom. The Hall–Kier alpha value is -2.28. The molecule has 122 valence electrons. The summed E-state index contributed by atoms with van der Waals surface area (Å²) in [5, 5.41) is 3.23. The molecule has 2 unspecified atom stereocenters. The number of nitrogens with one attached hydrogen (secondary N) is 1. The van der Waals surface area contributed by atoms with E-state index in [9.17, 15) is 8.78 Å². The zero-order valence-electron chi connectivity index (χ0n) is 13.0. The monoisotopic (exact) mass is 320 g/mol. The van der Waals surface area contributed by atoms with Crippen molar-refractivity contribution >= 4 is 11.8 Å². The quantitative estimate of drug-likeness (QED) is 0.939. The second-order valence-electron chi connectivity index (χ2n) is 5.64. The molecular weight excluding hydrogens is 302 g/mol. The van der Waals surface area contributed by atoms with Crippen molar-refractivity contribution in [1.29, 1.82) is 0 Å². The van der Waals surface area contributed by atoms with Crippen LogP contribution in [-0.2, 0) is 4.74 Å². The minimum Gasteiger partial charge on any atom is -0.371 e. The van der Waals surface area contributed by atoms with Gasteiger partial charge in [-0.1, -0.05) is 6.07 Å². The predicted molar refractivity (Wildman–Crippen MR) is 83.4 cm³/mol. The summed E-state index contributed by atoms with van der Waals surface area (Å²) >= 11 is 0. The highest BCUT2D eigenvalue weighted by molar-refractivity contribution is 5.41. The maximum atomic E-state index is 13.4. The molecule has 0 aliphatic carbocycles. The van der Waals surface area contributed by atoms with Gasteiger partial charge in [-0.15, -0.1) is 0 Å². The third-order valence-electron chi connectivity index (χ3n) is 3.78. The molecule has 1 N–H and O–H groups in total. The largest absolute Gasteiger partial charge is 0.371 e. The van der Waals surface area contributed by atoms with E-state index in [0.29, 0.717) is 18.1 Å². The summed E-state index contributed by atoms with van der Waals surface area (Å²) in [6, 6.07) is 5.55. The molecule has 1 aromatic heterocycles. The molecule has 0 amide bonds. The first-order chi connectivity index (χ1) is 11.0. The second-order valence-corrected chi connectivity index (χ2v) is 5.64. The standard InChI is InChI=1S/C16H18F2N4O/c1-22(2)14-5-7-19-16(21-14)20-13-6-8-23-15(13)10-3-4-11(17)12(18)9-10/h3-5,7,9,13,15H,6,8H2,1-2H3,(H,19,20,21). The average Bonchev–Trinajstić information content (AvgIpc) is 2.98. The van der Waals surface area contributed by atoms with Crippen LogP contribution < -0.4 is 10.2 Å². The van der Waals surface area contributed by atoms with Crippen molar-refractivity contribution < 1.29 is 13.5 Å². The number of nitrogens with zero attached hydrogens (tertiary/aromatic N) is 3. The lowest BCUT2D eigenvalue weighted by atomic mass is 10.0. The lowest BCUT2D eigenvalue weighted by molar-refractivity contribution is 0.107. The number of ether oxygens (including phenoxy) is 1. The van der Waals surface area contributed by atoms with E-state index in [0.717, 1.165) is 18.3 Å². The molecule has 1 saturated heterocycles. The van der Waals surface area contributed by atoms with E-state index in [1.54, 1.807) is 12.3 Å². The Kier molecular flexibility index (Phi) is 4.38. The number of anilines is 2. The fourth-order valence-corrected chi connectivity index (χ4v) is 2.59. The van der Waals surface area contributed by atoms with Gasteiger partial charge in [0.1, 0.15) is 11.9 Å². The zero-order valence-corrected chi connectivity index (χ0v) is 13.0. The van der Waals surface area contributed by atoms with Crippen LogP contribution in [0.2, 0.25) is 0 Å². The highest BCUT2D eigenvalue weighted by Gasteiger charge is 2.30. The molecule has 5 nitrogen and oxygen atoms in total. The predicted octanol–water partition coefficient (Wildman–Crippen LogP) is 2.76. The number of hydrogen-bond donors (Lipinski definition) is 1. The number of halogens is 2. The molecule has 0 radical (unpaired) electrons. The molecule has 1 aliphatic rings. The first-order valence-electron chi connectivity index (χ1n) is 7.38. The molecule has 1 fully saturated rings. The SMILES string of the molecule is CN(C)c1ccnc(NC2CCOC2c2ccc(F)c(F)c2)n1. The molecule has 2 aromatic rings. The van der Waals surface area contributed by atoms with Crippen LogP contribution in [-0.4, -0.2) is 36.7 Å². The lowest BCUT2D eigenvalue weighted by Crippen LogP contribution is -2.25. The Morgan fingerprint density at radius 1 is 1.22 bits per heavy atom. The first-order valence-corrected chi connectivity index (χ1v) is 7.38. The van der Waals surface area contributed by atoms with Gasteiger partial charge in [0.05, 0.1) is 6.04 Å². The van der Waals surface area contributed by atoms with Crippen LogP contribution in [0.1, 0.15) is 18.1 Å². The molecule has 23 heavy (non-hydrogen) atoms. The van der Waals surface area contributed by atoms with Crippen molar-refractivity contribution in [2.75, 3.05) is 30.9 Å². The highest BCUT2D eigenvalue weighted by atomic mass is 19.2. The van der Waals surface area contributed by atoms with Gasteiger partial charge in [0.15, 0.2) is 11.6 Å². The molecule has 0 bridgehead atoms. The van der Waals surface area contributed by atoms with Crippen LogP contribution in [0, 0.1) is 11.6 Å². The van der Waals surface area contributed by atoms with E-state index >= 15 is 0 Å². The van der Waals surface area contributed by atoms with Crippen molar-refractivity contribution in [3.05, 3.63) is 47.7 Å². The molecular formula is C16H18F2N4O. The average molecular weight is 320 g/mol. The van der Waals surface area contributed by atoms with Crippen LogP contribution in [0.5, 0.6) is 0 Å². The minimum atomic E-state index is -0.873. The van der Waals surface area contributed by atoms with Crippen LogP contribution >= 0.6 is 0 Å². The zero-order chi connectivity index (χ0) is 16.4. The fraction of sp³-hybridized carbons (Fsp3) is 0.375. The summed E-state index contributed by atoms with van der Waals surface area (Å²) in [4.78, 5) is 10.5. The summed E-state index contributed by atoms with van der Waals surface area (Å²) in [7, 11) is 3.80. The van der Waals surface area contributed by atoms with Gasteiger partial charge in [0.25, 0.3) is 0 Å². The van der Waals surface area contributed by atoms with Crippen LogP contribution in [0.3, 0.4) is 0 Å². The molecule has 2 atom stereocenters. The Balaban J connectivity index is 1.79. The van der Waals surface area contributed by atoms with Gasteiger partial charge in [0, 0.05) is 26.9 Å². The van der Waals surface area contributed by atoms with Crippen molar-refractivity contribution in [2.24, 2.45) is 0 Å². The molecule has 3 rings (SSSR count). The number of rotatable bonds is 4. The normalized spacial score (nSPS) is 20.5. The summed E-state index contributed by atoms with van der Waals surface area (Å²) in [6.45, 7) is 0.536. The van der Waals surface area contributed by atoms with Gasteiger partial charge in [-0.25, -0.2) is 13.8 Å². The van der Waals surface area contributed by atoms with E-state index in [1.165, 1.54) is 6.07 Å². The van der Waals surface area contributed by atoms with Gasteiger partial charge >= 0.3 is 0 Å². The first kappa shape index (κ1) is 15.6. The van der Waals surface area contributed by atoms with Gasteiger partial charge in [0.2, 0.25) is 5.95 Å². The molecule has 0 spiro atoms. The maximum absolute atomic E-state index is 13.4. The summed E-state index contributed by atoms with van der Waals surface area (Å²) in [5.74, 6) is -0.467. The van der Waals surface area contributed by atoms with Gasteiger partial charge in [-0.05, 0) is 30.2 Å². The topological polar surface area (TPSA) is 50.3 Å². The highest BCUT2D eigenvalue weighted by Crippen LogP contribution is 2.31. The maximum Gasteiger partial charge on any atom is 0.224 e. The van der Waals surface area contributed by atoms with Crippen molar-refractivity contribution in [2.45, 2.75) is 18.6 Å². The van der Waals surface area contributed by atoms with E-state index in [2.05, 4.69) is 15.3 Å². The van der Waals surface area contributed by atoms with Crippen molar-refractivity contribution in [3.63, 3.8) is 0 Å². The summed E-state index contributed by atoms with van der Waals surface area (Å²) in [5.41, 5.74) is 0.600. The van der Waals surface area contributed by atoms with Gasteiger partial charge < -0.3 is 15.0 Å². The van der Waals surface area contributed by atoms with Crippen LogP contribution in [0.4, 0.5) is 20.5 Å². The molecule has 2 heterocycles. The summed E-state index contributed by atoms with van der Waals surface area (Å²) in [6.07, 6.45) is 2.04. The van der Waals surface area contributed by atoms with Crippen LogP contribution in [0.15, 0.2) is 30.5 Å². The third kappa shape index (κ3) is 3.39. The fourth-order valence-electron chi connectivity index (χ4n) is 2.59. The van der Waals surface area contributed by atoms with E-state index in [-0.39, 0.29) is 12.1 Å². The molecule has 0 saturated carbocycles. The van der Waals surface area contributed by atoms with Crippen LogP contribution in [0.25, 0.3) is 0 Å². The number of benzene rings is 1. The Morgan fingerprint density at radius 2 is 2.04 bits per heavy atom.